The van der Waals surface area contributed by atoms with E-state index >= 15 is 0 Å². The average Bonchev–Trinajstić information content (AvgIpc) is 3.78. The summed E-state index contributed by atoms with van der Waals surface area (Å²) < 4.78 is 2.59. The molecule has 0 bridgehead atoms. The van der Waals surface area contributed by atoms with Gasteiger partial charge in [0.15, 0.2) is 0 Å². The normalized spacial score (nSPS) is 12.7. The second-order valence-electron chi connectivity index (χ2n) is 16.0. The first-order valence-corrected chi connectivity index (χ1v) is 21.2. The highest BCUT2D eigenvalue weighted by Crippen LogP contribution is 2.53. The van der Waals surface area contributed by atoms with Gasteiger partial charge in [-0.1, -0.05) is 184 Å². The molecule has 0 saturated heterocycles. The van der Waals surface area contributed by atoms with Crippen LogP contribution in [0.15, 0.2) is 212 Å². The van der Waals surface area contributed by atoms with Crippen molar-refractivity contribution in [2.45, 2.75) is 19.3 Å². The number of thiophene rings is 1. The Labute approximate surface area is 350 Å². The second-order valence-corrected chi connectivity index (χ2v) is 17.1. The fourth-order valence-corrected chi connectivity index (χ4v) is 10.6. The summed E-state index contributed by atoms with van der Waals surface area (Å²) in [5.41, 5.74) is 18.3. The minimum atomic E-state index is -0.0801. The molecule has 0 atom stereocenters. The van der Waals surface area contributed by atoms with Crippen molar-refractivity contribution in [3.05, 3.63) is 223 Å². The van der Waals surface area contributed by atoms with E-state index in [2.05, 4.69) is 231 Å². The standard InChI is InChI=1S/C57H41NS/c1-57(2)50-30-13-11-27-48(50)55-45(28-16-31-51(55)57)40-22-15-23-41(36-40)58(42-34-35-54-49(37-42)46-25-12-14-33-53(46)59-54)52-32-17-29-44(39-20-7-4-8-21-39)56(52)47-26-10-9-24-43(47)38-18-5-3-6-19-38/h3-37H,1-2H3. The lowest BCUT2D eigenvalue weighted by molar-refractivity contribution is 0.660. The van der Waals surface area contributed by atoms with Crippen molar-refractivity contribution in [1.29, 1.82) is 0 Å². The Balaban J connectivity index is 1.20. The zero-order valence-electron chi connectivity index (χ0n) is 33.1. The molecule has 2 heteroatoms. The zero-order valence-corrected chi connectivity index (χ0v) is 33.9. The Hall–Kier alpha value is -7.00. The molecule has 280 valence electrons. The van der Waals surface area contributed by atoms with Crippen LogP contribution in [-0.2, 0) is 5.41 Å². The van der Waals surface area contributed by atoms with Gasteiger partial charge in [0.2, 0.25) is 0 Å². The van der Waals surface area contributed by atoms with Crippen molar-refractivity contribution >= 4 is 48.6 Å². The smallest absolute Gasteiger partial charge is 0.0546 e. The molecule has 0 saturated carbocycles. The summed E-state index contributed by atoms with van der Waals surface area (Å²) in [6.07, 6.45) is 0. The maximum atomic E-state index is 2.50. The van der Waals surface area contributed by atoms with E-state index in [1.54, 1.807) is 0 Å². The summed E-state index contributed by atoms with van der Waals surface area (Å²) in [7, 11) is 0. The van der Waals surface area contributed by atoms with E-state index in [-0.39, 0.29) is 5.41 Å². The zero-order chi connectivity index (χ0) is 39.5. The number of hydrogen-bond acceptors (Lipinski definition) is 2. The Morgan fingerprint density at radius 2 is 0.898 bits per heavy atom. The SMILES string of the molecule is CC1(C)c2ccccc2-c2c(-c3cccc(N(c4ccc5sc6ccccc6c5c4)c4cccc(-c5ccccc5)c4-c4ccccc4-c4ccccc4)c3)cccc21. The molecule has 0 fully saturated rings. The van der Waals surface area contributed by atoms with Crippen molar-refractivity contribution in [3.63, 3.8) is 0 Å². The molecule has 9 aromatic carbocycles. The highest BCUT2D eigenvalue weighted by molar-refractivity contribution is 7.25. The van der Waals surface area contributed by atoms with Crippen LogP contribution in [0.2, 0.25) is 0 Å². The van der Waals surface area contributed by atoms with Crippen LogP contribution in [-0.4, -0.2) is 0 Å². The van der Waals surface area contributed by atoms with E-state index in [4.69, 9.17) is 0 Å². The first-order valence-electron chi connectivity index (χ1n) is 20.4. The molecule has 1 heterocycles. The predicted octanol–water partition coefficient (Wildman–Crippen LogP) is 16.5. The topological polar surface area (TPSA) is 3.24 Å². The Kier molecular flexibility index (Phi) is 8.43. The highest BCUT2D eigenvalue weighted by Gasteiger charge is 2.36. The number of fused-ring (bicyclic) bond motifs is 6. The van der Waals surface area contributed by atoms with Crippen LogP contribution < -0.4 is 4.90 Å². The lowest BCUT2D eigenvalue weighted by Crippen LogP contribution is -2.14. The van der Waals surface area contributed by atoms with Crippen molar-refractivity contribution in [2.24, 2.45) is 0 Å². The van der Waals surface area contributed by atoms with Gasteiger partial charge in [0.25, 0.3) is 0 Å². The van der Waals surface area contributed by atoms with Crippen LogP contribution in [0.1, 0.15) is 25.0 Å². The van der Waals surface area contributed by atoms with Crippen LogP contribution >= 0.6 is 11.3 Å². The number of anilines is 3. The second kappa shape index (κ2) is 14.1. The molecule has 0 aliphatic heterocycles. The van der Waals surface area contributed by atoms with Crippen molar-refractivity contribution in [1.82, 2.24) is 0 Å². The van der Waals surface area contributed by atoms with E-state index in [1.165, 1.54) is 86.9 Å². The molecule has 0 spiro atoms. The number of rotatable bonds is 7. The van der Waals surface area contributed by atoms with Gasteiger partial charge in [0.1, 0.15) is 0 Å². The number of nitrogens with zero attached hydrogens (tertiary/aromatic N) is 1. The third kappa shape index (κ3) is 5.82. The van der Waals surface area contributed by atoms with Gasteiger partial charge in [-0.05, 0) is 104 Å². The van der Waals surface area contributed by atoms with Gasteiger partial charge < -0.3 is 4.90 Å². The quantitative estimate of drug-likeness (QED) is 0.156. The van der Waals surface area contributed by atoms with Crippen molar-refractivity contribution in [2.75, 3.05) is 4.90 Å². The third-order valence-corrected chi connectivity index (χ3v) is 13.4. The largest absolute Gasteiger partial charge is 0.310 e. The molecular weight excluding hydrogens is 731 g/mol. The molecular formula is C57H41NS. The van der Waals surface area contributed by atoms with Crippen LogP contribution in [0, 0.1) is 0 Å². The van der Waals surface area contributed by atoms with Gasteiger partial charge >= 0.3 is 0 Å². The van der Waals surface area contributed by atoms with Crippen LogP contribution in [0.4, 0.5) is 17.1 Å². The minimum absolute atomic E-state index is 0.0801. The summed E-state index contributed by atoms with van der Waals surface area (Å²) in [6.45, 7) is 4.72. The van der Waals surface area contributed by atoms with E-state index < -0.39 is 0 Å². The van der Waals surface area contributed by atoms with Gasteiger partial charge in [0, 0.05) is 42.5 Å². The Morgan fingerprint density at radius 3 is 1.69 bits per heavy atom. The molecule has 1 aliphatic rings. The molecule has 59 heavy (non-hydrogen) atoms. The van der Waals surface area contributed by atoms with E-state index in [0.717, 1.165) is 17.1 Å². The predicted molar refractivity (Wildman–Crippen MR) is 253 cm³/mol. The molecule has 0 unspecified atom stereocenters. The van der Waals surface area contributed by atoms with Gasteiger partial charge in [-0.25, -0.2) is 0 Å². The third-order valence-electron chi connectivity index (χ3n) is 12.3. The van der Waals surface area contributed by atoms with Crippen molar-refractivity contribution < 1.29 is 0 Å². The van der Waals surface area contributed by atoms with Gasteiger partial charge in [-0.2, -0.15) is 0 Å². The maximum absolute atomic E-state index is 2.50. The van der Waals surface area contributed by atoms with E-state index in [0.29, 0.717) is 0 Å². The fraction of sp³-hybridized carbons (Fsp3) is 0.0526. The lowest BCUT2D eigenvalue weighted by atomic mass is 9.82. The number of hydrogen-bond donors (Lipinski definition) is 0. The van der Waals surface area contributed by atoms with E-state index in [1.807, 2.05) is 11.3 Å². The van der Waals surface area contributed by atoms with Crippen LogP contribution in [0.25, 0.3) is 75.8 Å². The fourth-order valence-electron chi connectivity index (χ4n) is 9.53. The molecule has 0 N–H and O–H groups in total. The molecule has 0 radical (unpaired) electrons. The Bertz CT molecular complexity index is 3190. The minimum Gasteiger partial charge on any atom is -0.310 e. The lowest BCUT2D eigenvalue weighted by Gasteiger charge is -2.30. The molecule has 1 aliphatic carbocycles. The summed E-state index contributed by atoms with van der Waals surface area (Å²) in [5.74, 6) is 0. The summed E-state index contributed by atoms with van der Waals surface area (Å²) in [6, 6.07) is 78.2. The monoisotopic (exact) mass is 771 g/mol. The van der Waals surface area contributed by atoms with Gasteiger partial charge in [-0.15, -0.1) is 11.3 Å². The average molecular weight is 772 g/mol. The summed E-state index contributed by atoms with van der Waals surface area (Å²) in [4.78, 5) is 2.50. The van der Waals surface area contributed by atoms with Gasteiger partial charge in [0.05, 0.1) is 5.69 Å². The van der Waals surface area contributed by atoms with Gasteiger partial charge in [-0.3, -0.25) is 0 Å². The van der Waals surface area contributed by atoms with Crippen molar-refractivity contribution in [3.8, 4) is 55.6 Å². The summed E-state index contributed by atoms with van der Waals surface area (Å²) >= 11 is 1.86. The summed E-state index contributed by atoms with van der Waals surface area (Å²) in [5, 5.41) is 2.56. The highest BCUT2D eigenvalue weighted by atomic mass is 32.1. The Morgan fingerprint density at radius 1 is 0.356 bits per heavy atom. The first-order chi connectivity index (χ1) is 29.0. The molecule has 1 aromatic heterocycles. The molecule has 0 amide bonds. The van der Waals surface area contributed by atoms with Crippen LogP contribution in [0.3, 0.4) is 0 Å². The maximum Gasteiger partial charge on any atom is 0.0546 e. The number of benzene rings is 9. The molecule has 10 aromatic rings. The van der Waals surface area contributed by atoms with Crippen LogP contribution in [0.5, 0.6) is 0 Å². The molecule has 11 rings (SSSR count). The first kappa shape index (κ1) is 35.2. The van der Waals surface area contributed by atoms with E-state index in [9.17, 15) is 0 Å². The molecule has 1 nitrogen and oxygen atoms in total.